The smallest absolute Gasteiger partial charge is 0.293 e. The molecule has 0 spiro atoms. The number of aromatic nitrogens is 2. The van der Waals surface area contributed by atoms with Crippen LogP contribution in [0.15, 0.2) is 69.7 Å². The minimum absolute atomic E-state index is 0.0826. The molecule has 8 heteroatoms. The van der Waals surface area contributed by atoms with Gasteiger partial charge in [0.05, 0.1) is 6.20 Å². The van der Waals surface area contributed by atoms with Gasteiger partial charge in [-0.2, -0.15) is 0 Å². The average molecular weight is 449 g/mol. The Bertz CT molecular complexity index is 1270. The van der Waals surface area contributed by atoms with Crippen LogP contribution in [0.2, 0.25) is 0 Å². The van der Waals surface area contributed by atoms with Crippen molar-refractivity contribution in [1.82, 2.24) is 15.0 Å². The average Bonchev–Trinajstić information content (AvgIpc) is 3.50. The fourth-order valence-corrected chi connectivity index (χ4v) is 4.09. The van der Waals surface area contributed by atoms with Gasteiger partial charge in [0.2, 0.25) is 11.7 Å². The second-order valence-electron chi connectivity index (χ2n) is 8.06. The van der Waals surface area contributed by atoms with Gasteiger partial charge in [0.1, 0.15) is 29.1 Å². The van der Waals surface area contributed by atoms with E-state index in [2.05, 4.69) is 10.1 Å². The lowest BCUT2D eigenvalue weighted by molar-refractivity contribution is 0.0528. The molecule has 1 aliphatic rings. The Morgan fingerprint density at radius 1 is 1.06 bits per heavy atom. The SMILES string of the molecule is O=C(c1cc(-c2cccc(F)c2)no1)N1CCCCC1c1ncc(Cc2ccc(F)cc2)o1. The van der Waals surface area contributed by atoms with E-state index in [-0.39, 0.29) is 29.3 Å². The Kier molecular flexibility index (Phi) is 5.73. The fraction of sp³-hybridized carbons (Fsp3) is 0.240. The lowest BCUT2D eigenvalue weighted by Gasteiger charge is -2.32. The van der Waals surface area contributed by atoms with Crippen LogP contribution < -0.4 is 0 Å². The quantitative estimate of drug-likeness (QED) is 0.399. The van der Waals surface area contributed by atoms with Crippen LogP contribution in [-0.2, 0) is 6.42 Å². The summed E-state index contributed by atoms with van der Waals surface area (Å²) in [6.45, 7) is 0.537. The van der Waals surface area contributed by atoms with Crippen molar-refractivity contribution in [3.8, 4) is 11.3 Å². The van der Waals surface area contributed by atoms with Gasteiger partial charge in [0.25, 0.3) is 5.91 Å². The van der Waals surface area contributed by atoms with E-state index in [0.717, 1.165) is 18.4 Å². The molecular weight excluding hydrogens is 428 g/mol. The van der Waals surface area contributed by atoms with Crippen LogP contribution in [0.4, 0.5) is 8.78 Å². The molecule has 1 aliphatic heterocycles. The van der Waals surface area contributed by atoms with Crippen molar-refractivity contribution in [3.05, 3.63) is 95.4 Å². The number of oxazole rings is 1. The first kappa shape index (κ1) is 21.1. The van der Waals surface area contributed by atoms with Crippen molar-refractivity contribution in [3.63, 3.8) is 0 Å². The summed E-state index contributed by atoms with van der Waals surface area (Å²) in [5, 5.41) is 3.94. The molecule has 0 aliphatic carbocycles. The van der Waals surface area contributed by atoms with Crippen LogP contribution in [0, 0.1) is 11.6 Å². The second kappa shape index (κ2) is 8.97. The molecule has 168 valence electrons. The number of rotatable bonds is 5. The van der Waals surface area contributed by atoms with E-state index >= 15 is 0 Å². The van der Waals surface area contributed by atoms with Crippen LogP contribution in [-0.4, -0.2) is 27.5 Å². The molecule has 2 aromatic heterocycles. The molecule has 5 rings (SSSR count). The zero-order valence-corrected chi connectivity index (χ0v) is 17.7. The first-order valence-electron chi connectivity index (χ1n) is 10.8. The van der Waals surface area contributed by atoms with Crippen LogP contribution in [0.5, 0.6) is 0 Å². The number of halogens is 2. The molecule has 3 heterocycles. The number of likely N-dealkylation sites (tertiary alicyclic amines) is 1. The molecule has 0 N–H and O–H groups in total. The monoisotopic (exact) mass is 449 g/mol. The highest BCUT2D eigenvalue weighted by Gasteiger charge is 2.33. The van der Waals surface area contributed by atoms with Gasteiger partial charge in [-0.1, -0.05) is 29.4 Å². The summed E-state index contributed by atoms with van der Waals surface area (Å²) in [7, 11) is 0. The van der Waals surface area contributed by atoms with Gasteiger partial charge < -0.3 is 13.8 Å². The van der Waals surface area contributed by atoms with Gasteiger partial charge in [-0.25, -0.2) is 13.8 Å². The molecule has 1 fully saturated rings. The van der Waals surface area contributed by atoms with E-state index in [0.29, 0.717) is 42.3 Å². The normalized spacial score (nSPS) is 16.2. The molecule has 33 heavy (non-hydrogen) atoms. The summed E-state index contributed by atoms with van der Waals surface area (Å²) < 4.78 is 38.0. The van der Waals surface area contributed by atoms with Gasteiger partial charge in [-0.15, -0.1) is 0 Å². The Morgan fingerprint density at radius 2 is 1.91 bits per heavy atom. The highest BCUT2D eigenvalue weighted by atomic mass is 19.1. The number of carbonyl (C=O) groups excluding carboxylic acids is 1. The molecule has 0 saturated carbocycles. The number of benzene rings is 2. The van der Waals surface area contributed by atoms with Crippen molar-refractivity contribution in [2.45, 2.75) is 31.7 Å². The standard InChI is InChI=1S/C25H21F2N3O3/c26-18-9-7-16(8-10-18)12-20-15-28-24(32-20)22-6-1-2-11-30(22)25(31)23-14-21(29-33-23)17-4-3-5-19(27)13-17/h3-5,7-10,13-15,22H,1-2,6,11-12H2. The Morgan fingerprint density at radius 3 is 2.73 bits per heavy atom. The van der Waals surface area contributed by atoms with Crippen molar-refractivity contribution in [2.24, 2.45) is 0 Å². The van der Waals surface area contributed by atoms with Crippen molar-refractivity contribution >= 4 is 5.91 Å². The van der Waals surface area contributed by atoms with Crippen LogP contribution >= 0.6 is 0 Å². The molecule has 6 nitrogen and oxygen atoms in total. The molecule has 1 saturated heterocycles. The van der Waals surface area contributed by atoms with E-state index in [1.165, 1.54) is 30.3 Å². The molecular formula is C25H21F2N3O3. The molecule has 2 aromatic carbocycles. The molecule has 0 radical (unpaired) electrons. The summed E-state index contributed by atoms with van der Waals surface area (Å²) in [5.41, 5.74) is 1.83. The summed E-state index contributed by atoms with van der Waals surface area (Å²) in [6.07, 6.45) is 4.64. The van der Waals surface area contributed by atoms with Crippen LogP contribution in [0.3, 0.4) is 0 Å². The van der Waals surface area contributed by atoms with Gasteiger partial charge >= 0.3 is 0 Å². The maximum atomic E-state index is 13.5. The molecule has 4 aromatic rings. The number of hydrogen-bond donors (Lipinski definition) is 0. The molecule has 1 unspecified atom stereocenters. The first-order chi connectivity index (χ1) is 16.1. The van der Waals surface area contributed by atoms with E-state index in [1.807, 2.05) is 0 Å². The zero-order valence-electron chi connectivity index (χ0n) is 17.7. The van der Waals surface area contributed by atoms with Gasteiger partial charge in [-0.05, 0) is 49.1 Å². The minimum atomic E-state index is -0.389. The largest absolute Gasteiger partial charge is 0.443 e. The minimum Gasteiger partial charge on any atom is -0.443 e. The Hall–Kier alpha value is -3.81. The Labute approximate surface area is 188 Å². The van der Waals surface area contributed by atoms with Crippen LogP contribution in [0.25, 0.3) is 11.3 Å². The summed E-state index contributed by atoms with van der Waals surface area (Å²) in [4.78, 5) is 19.3. The maximum Gasteiger partial charge on any atom is 0.293 e. The number of carbonyl (C=O) groups is 1. The summed E-state index contributed by atoms with van der Waals surface area (Å²) >= 11 is 0. The van der Waals surface area contributed by atoms with Crippen molar-refractivity contribution in [1.29, 1.82) is 0 Å². The second-order valence-corrected chi connectivity index (χ2v) is 8.06. The van der Waals surface area contributed by atoms with E-state index in [1.54, 1.807) is 35.4 Å². The van der Waals surface area contributed by atoms with E-state index < -0.39 is 0 Å². The number of amides is 1. The maximum absolute atomic E-state index is 13.5. The molecule has 1 atom stereocenters. The third-order valence-corrected chi connectivity index (χ3v) is 5.75. The summed E-state index contributed by atoms with van der Waals surface area (Å²) in [6, 6.07) is 13.4. The topological polar surface area (TPSA) is 72.4 Å². The number of nitrogens with zero attached hydrogens (tertiary/aromatic N) is 3. The number of piperidine rings is 1. The predicted molar refractivity (Wildman–Crippen MR) is 115 cm³/mol. The highest BCUT2D eigenvalue weighted by Crippen LogP contribution is 2.33. The molecule has 1 amide bonds. The van der Waals surface area contributed by atoms with E-state index in [4.69, 9.17) is 8.94 Å². The number of hydrogen-bond acceptors (Lipinski definition) is 5. The van der Waals surface area contributed by atoms with Gasteiger partial charge in [-0.3, -0.25) is 4.79 Å². The van der Waals surface area contributed by atoms with Crippen molar-refractivity contribution in [2.75, 3.05) is 6.54 Å². The third-order valence-electron chi connectivity index (χ3n) is 5.75. The fourth-order valence-electron chi connectivity index (χ4n) is 4.09. The lowest BCUT2D eigenvalue weighted by Crippen LogP contribution is -2.38. The zero-order chi connectivity index (χ0) is 22.8. The third kappa shape index (κ3) is 4.55. The highest BCUT2D eigenvalue weighted by molar-refractivity contribution is 5.92. The van der Waals surface area contributed by atoms with Crippen LogP contribution in [0.1, 0.15) is 53.1 Å². The predicted octanol–water partition coefficient (Wildman–Crippen LogP) is 5.57. The summed E-state index contributed by atoms with van der Waals surface area (Å²) in [5.74, 6) is 0.196. The first-order valence-corrected chi connectivity index (χ1v) is 10.8. The Balaban J connectivity index is 1.34. The molecule has 0 bridgehead atoms. The van der Waals surface area contributed by atoms with Crippen molar-refractivity contribution < 1.29 is 22.5 Å². The lowest BCUT2D eigenvalue weighted by atomic mass is 10.0. The van der Waals surface area contributed by atoms with Gasteiger partial charge in [0.15, 0.2) is 0 Å². The van der Waals surface area contributed by atoms with E-state index in [9.17, 15) is 13.6 Å². The van der Waals surface area contributed by atoms with Gasteiger partial charge in [0, 0.05) is 24.6 Å².